The monoisotopic (exact) mass is 294 g/mol. The van der Waals surface area contributed by atoms with Crippen LogP contribution in [0, 0.1) is 5.92 Å². The number of pyridine rings is 1. The first-order chi connectivity index (χ1) is 9.65. The van der Waals surface area contributed by atoms with Crippen molar-refractivity contribution >= 4 is 11.8 Å². The molecule has 1 atom stereocenters. The Balaban J connectivity index is 2.48. The maximum absolute atomic E-state index is 4.59. The Morgan fingerprint density at radius 3 is 2.55 bits per heavy atom. The molecule has 0 aliphatic rings. The number of hydrogen-bond donors (Lipinski definition) is 1. The van der Waals surface area contributed by atoms with Crippen molar-refractivity contribution in [3.05, 3.63) is 29.6 Å². The summed E-state index contributed by atoms with van der Waals surface area (Å²) in [5.74, 6) is 3.19. The molecular formula is C17H30N2S. The van der Waals surface area contributed by atoms with Gasteiger partial charge in [-0.15, -0.1) is 0 Å². The third-order valence-corrected chi connectivity index (χ3v) is 4.74. The number of thioether (sulfide) groups is 1. The zero-order chi connectivity index (χ0) is 14.8. The fourth-order valence-corrected chi connectivity index (χ4v) is 3.15. The van der Waals surface area contributed by atoms with Crippen molar-refractivity contribution in [3.63, 3.8) is 0 Å². The predicted molar refractivity (Wildman–Crippen MR) is 91.6 cm³/mol. The van der Waals surface area contributed by atoms with Crippen LogP contribution in [0.1, 0.15) is 45.4 Å². The van der Waals surface area contributed by atoms with Gasteiger partial charge in [-0.05, 0) is 42.7 Å². The molecule has 20 heavy (non-hydrogen) atoms. The van der Waals surface area contributed by atoms with Gasteiger partial charge in [-0.1, -0.05) is 33.8 Å². The van der Waals surface area contributed by atoms with Crippen molar-refractivity contribution < 1.29 is 0 Å². The second-order valence-corrected chi connectivity index (χ2v) is 6.87. The van der Waals surface area contributed by atoms with E-state index in [2.05, 4.69) is 61.9 Å². The van der Waals surface area contributed by atoms with Crippen LogP contribution >= 0.6 is 11.8 Å². The summed E-state index contributed by atoms with van der Waals surface area (Å²) < 4.78 is 0. The van der Waals surface area contributed by atoms with Crippen LogP contribution in [0.2, 0.25) is 0 Å². The van der Waals surface area contributed by atoms with Crippen LogP contribution < -0.4 is 5.32 Å². The molecule has 0 saturated heterocycles. The third-order valence-electron chi connectivity index (χ3n) is 3.20. The highest BCUT2D eigenvalue weighted by atomic mass is 32.2. The maximum Gasteiger partial charge on any atom is 0.0419 e. The van der Waals surface area contributed by atoms with Crippen molar-refractivity contribution in [3.8, 4) is 0 Å². The fraction of sp³-hybridized carbons (Fsp3) is 0.706. The summed E-state index contributed by atoms with van der Waals surface area (Å²) in [5.41, 5.74) is 2.53. The molecule has 0 bridgehead atoms. The largest absolute Gasteiger partial charge is 0.313 e. The van der Waals surface area contributed by atoms with Gasteiger partial charge < -0.3 is 5.32 Å². The van der Waals surface area contributed by atoms with Gasteiger partial charge >= 0.3 is 0 Å². The van der Waals surface area contributed by atoms with Gasteiger partial charge in [0, 0.05) is 30.1 Å². The molecule has 0 aromatic carbocycles. The van der Waals surface area contributed by atoms with Crippen molar-refractivity contribution in [1.29, 1.82) is 0 Å². The van der Waals surface area contributed by atoms with E-state index in [1.807, 2.05) is 6.20 Å². The first kappa shape index (κ1) is 17.5. The Kier molecular flexibility index (Phi) is 8.95. The Hall–Kier alpha value is -0.540. The van der Waals surface area contributed by atoms with Crippen LogP contribution in [-0.4, -0.2) is 29.1 Å². The van der Waals surface area contributed by atoms with Crippen molar-refractivity contribution in [2.24, 2.45) is 5.92 Å². The molecule has 114 valence electrons. The second kappa shape index (κ2) is 10.2. The van der Waals surface area contributed by atoms with Gasteiger partial charge in [0.2, 0.25) is 0 Å². The topological polar surface area (TPSA) is 24.9 Å². The van der Waals surface area contributed by atoms with E-state index in [4.69, 9.17) is 0 Å². The quantitative estimate of drug-likeness (QED) is 0.707. The molecule has 0 saturated carbocycles. The van der Waals surface area contributed by atoms with Gasteiger partial charge in [0.1, 0.15) is 0 Å². The molecule has 1 aromatic rings. The van der Waals surface area contributed by atoms with Gasteiger partial charge in [0.25, 0.3) is 0 Å². The van der Waals surface area contributed by atoms with Crippen LogP contribution in [0.3, 0.4) is 0 Å². The molecule has 1 aromatic heterocycles. The van der Waals surface area contributed by atoms with E-state index < -0.39 is 0 Å². The van der Waals surface area contributed by atoms with Gasteiger partial charge in [-0.3, -0.25) is 4.98 Å². The minimum Gasteiger partial charge on any atom is -0.313 e. The number of nitrogens with one attached hydrogen (secondary N) is 1. The average Bonchev–Trinajstić information content (AvgIpc) is 2.45. The molecular weight excluding hydrogens is 264 g/mol. The summed E-state index contributed by atoms with van der Waals surface area (Å²) in [6.45, 7) is 10.1. The van der Waals surface area contributed by atoms with Crippen LogP contribution in [0.4, 0.5) is 0 Å². The van der Waals surface area contributed by atoms with Gasteiger partial charge in [-0.25, -0.2) is 0 Å². The van der Waals surface area contributed by atoms with Crippen LogP contribution in [-0.2, 0) is 12.8 Å². The Labute approximate surface area is 129 Å². The van der Waals surface area contributed by atoms with E-state index >= 15 is 0 Å². The third kappa shape index (κ3) is 7.30. The summed E-state index contributed by atoms with van der Waals surface area (Å²) in [6.07, 6.45) is 5.31. The molecule has 0 radical (unpaired) electrons. The second-order valence-electron chi connectivity index (χ2n) is 5.80. The summed E-state index contributed by atoms with van der Waals surface area (Å²) in [6, 6.07) is 4.94. The molecule has 0 aliphatic carbocycles. The SMILES string of the molecule is CCCNC(CSCC(C)C)Cc1ccc(CC)cn1. The summed E-state index contributed by atoms with van der Waals surface area (Å²) >= 11 is 2.06. The van der Waals surface area contributed by atoms with Gasteiger partial charge in [0.05, 0.1) is 0 Å². The molecule has 1 rings (SSSR count). The van der Waals surface area contributed by atoms with Crippen LogP contribution in [0.15, 0.2) is 18.3 Å². The standard InChI is InChI=1S/C17H30N2S/c1-5-9-18-17(13-20-12-14(3)4)10-16-8-7-15(6-2)11-19-16/h7-8,11,14,17-18H,5-6,9-10,12-13H2,1-4H3. The van der Waals surface area contributed by atoms with E-state index in [0.717, 1.165) is 25.3 Å². The Bertz CT molecular complexity index is 349. The van der Waals surface area contributed by atoms with Crippen molar-refractivity contribution in [1.82, 2.24) is 10.3 Å². The Morgan fingerprint density at radius 1 is 1.20 bits per heavy atom. The molecule has 0 spiro atoms. The first-order valence-electron chi connectivity index (χ1n) is 7.90. The average molecular weight is 295 g/mol. The van der Waals surface area contributed by atoms with E-state index in [0.29, 0.717) is 6.04 Å². The van der Waals surface area contributed by atoms with E-state index in [9.17, 15) is 0 Å². The minimum absolute atomic E-state index is 0.540. The number of nitrogens with zero attached hydrogens (tertiary/aromatic N) is 1. The highest BCUT2D eigenvalue weighted by Crippen LogP contribution is 2.12. The number of aryl methyl sites for hydroxylation is 1. The fourth-order valence-electron chi connectivity index (χ4n) is 2.02. The molecule has 2 nitrogen and oxygen atoms in total. The molecule has 3 heteroatoms. The van der Waals surface area contributed by atoms with E-state index in [1.54, 1.807) is 0 Å². The summed E-state index contributed by atoms with van der Waals surface area (Å²) in [4.78, 5) is 4.59. The maximum atomic E-state index is 4.59. The smallest absolute Gasteiger partial charge is 0.0419 e. The van der Waals surface area contributed by atoms with Crippen molar-refractivity contribution in [2.75, 3.05) is 18.1 Å². The summed E-state index contributed by atoms with van der Waals surface area (Å²) in [7, 11) is 0. The lowest BCUT2D eigenvalue weighted by atomic mass is 10.1. The van der Waals surface area contributed by atoms with Crippen LogP contribution in [0.5, 0.6) is 0 Å². The summed E-state index contributed by atoms with van der Waals surface area (Å²) in [5, 5.41) is 3.66. The highest BCUT2D eigenvalue weighted by molar-refractivity contribution is 7.99. The normalized spacial score (nSPS) is 12.8. The predicted octanol–water partition coefficient (Wildman–Crippen LogP) is 3.94. The zero-order valence-electron chi connectivity index (χ0n) is 13.5. The van der Waals surface area contributed by atoms with Crippen molar-refractivity contribution in [2.45, 2.75) is 53.0 Å². The Morgan fingerprint density at radius 2 is 2.00 bits per heavy atom. The minimum atomic E-state index is 0.540. The van der Waals surface area contributed by atoms with Crippen LogP contribution in [0.25, 0.3) is 0 Å². The molecule has 0 fully saturated rings. The lowest BCUT2D eigenvalue weighted by molar-refractivity contribution is 0.544. The molecule has 1 N–H and O–H groups in total. The van der Waals surface area contributed by atoms with Gasteiger partial charge in [-0.2, -0.15) is 11.8 Å². The number of aromatic nitrogens is 1. The van der Waals surface area contributed by atoms with Gasteiger partial charge in [0.15, 0.2) is 0 Å². The lowest BCUT2D eigenvalue weighted by Gasteiger charge is -2.18. The number of rotatable bonds is 10. The zero-order valence-corrected chi connectivity index (χ0v) is 14.3. The molecule has 1 unspecified atom stereocenters. The molecule has 0 amide bonds. The van der Waals surface area contributed by atoms with E-state index in [1.165, 1.54) is 29.2 Å². The molecule has 0 aliphatic heterocycles. The number of hydrogen-bond acceptors (Lipinski definition) is 3. The highest BCUT2D eigenvalue weighted by Gasteiger charge is 2.10. The first-order valence-corrected chi connectivity index (χ1v) is 9.06. The van der Waals surface area contributed by atoms with E-state index in [-0.39, 0.29) is 0 Å². The molecule has 1 heterocycles. The lowest BCUT2D eigenvalue weighted by Crippen LogP contribution is -2.34.